The molecule has 126 valence electrons. The van der Waals surface area contributed by atoms with E-state index in [-0.39, 0.29) is 24.0 Å². The fourth-order valence-electron chi connectivity index (χ4n) is 2.86. The molecule has 2 heterocycles. The number of aromatic nitrogens is 2. The van der Waals surface area contributed by atoms with E-state index in [0.717, 1.165) is 0 Å². The van der Waals surface area contributed by atoms with Crippen molar-refractivity contribution in [2.75, 3.05) is 13.1 Å². The molecule has 1 aliphatic heterocycles. The van der Waals surface area contributed by atoms with Gasteiger partial charge in [-0.25, -0.2) is 9.07 Å². The molecule has 3 rings (SSSR count). The normalized spacial score (nSPS) is 20.4. The van der Waals surface area contributed by atoms with Crippen LogP contribution in [0.5, 0.6) is 0 Å². The topological polar surface area (TPSA) is 75.4 Å². The Morgan fingerprint density at radius 3 is 2.54 bits per heavy atom. The lowest BCUT2D eigenvalue weighted by Gasteiger charge is -2.19. The molecule has 1 N–H and O–H groups in total. The van der Waals surface area contributed by atoms with Gasteiger partial charge in [0.05, 0.1) is 11.1 Å². The largest absolute Gasteiger partial charge is 0.481 e. The van der Waals surface area contributed by atoms with Crippen LogP contribution in [0, 0.1) is 18.2 Å². The smallest absolute Gasteiger partial charge is 0.311 e. The van der Waals surface area contributed by atoms with Crippen molar-refractivity contribution in [2.24, 2.45) is 5.41 Å². The van der Waals surface area contributed by atoms with E-state index < -0.39 is 11.4 Å². The van der Waals surface area contributed by atoms with Crippen molar-refractivity contribution in [1.29, 1.82) is 0 Å². The van der Waals surface area contributed by atoms with Gasteiger partial charge in [0.2, 0.25) is 0 Å². The first kappa shape index (κ1) is 16.2. The van der Waals surface area contributed by atoms with Crippen LogP contribution in [0.3, 0.4) is 0 Å². The number of aliphatic carboxylic acids is 1. The number of carboxylic acid groups (broad SMARTS) is 1. The number of likely N-dealkylation sites (tertiary alicyclic amines) is 1. The second kappa shape index (κ2) is 5.74. The minimum Gasteiger partial charge on any atom is -0.481 e. The maximum Gasteiger partial charge on any atom is 0.311 e. The van der Waals surface area contributed by atoms with Crippen LogP contribution in [0.1, 0.15) is 29.4 Å². The van der Waals surface area contributed by atoms with Crippen LogP contribution in [0.25, 0.3) is 5.69 Å². The van der Waals surface area contributed by atoms with Gasteiger partial charge in [0.25, 0.3) is 5.91 Å². The van der Waals surface area contributed by atoms with Crippen LogP contribution in [0.2, 0.25) is 0 Å². The second-order valence-electron chi connectivity index (χ2n) is 6.42. The summed E-state index contributed by atoms with van der Waals surface area (Å²) >= 11 is 0. The molecule has 6 nitrogen and oxygen atoms in total. The minimum absolute atomic E-state index is 0.171. The first-order valence-corrected chi connectivity index (χ1v) is 7.65. The van der Waals surface area contributed by atoms with Gasteiger partial charge in [0.1, 0.15) is 5.82 Å². The lowest BCUT2D eigenvalue weighted by molar-refractivity contribution is -0.147. The van der Waals surface area contributed by atoms with E-state index in [1.54, 1.807) is 32.2 Å². The summed E-state index contributed by atoms with van der Waals surface area (Å²) in [6.45, 7) is 3.98. The van der Waals surface area contributed by atoms with E-state index in [9.17, 15) is 19.1 Å². The van der Waals surface area contributed by atoms with Gasteiger partial charge in [-0.3, -0.25) is 9.59 Å². The minimum atomic E-state index is -0.914. The third-order valence-electron chi connectivity index (χ3n) is 4.47. The summed E-state index contributed by atoms with van der Waals surface area (Å²) in [5.41, 5.74) is 0.709. The summed E-state index contributed by atoms with van der Waals surface area (Å²) in [6, 6.07) is 5.81. The van der Waals surface area contributed by atoms with Crippen molar-refractivity contribution in [3.05, 3.63) is 47.5 Å². The van der Waals surface area contributed by atoms with Gasteiger partial charge in [-0.15, -0.1) is 0 Å². The number of hydrogen-bond acceptors (Lipinski definition) is 3. The maximum absolute atomic E-state index is 13.0. The monoisotopic (exact) mass is 331 g/mol. The Balaban J connectivity index is 1.84. The zero-order valence-electron chi connectivity index (χ0n) is 13.5. The Hall–Kier alpha value is -2.70. The van der Waals surface area contributed by atoms with E-state index in [1.165, 1.54) is 21.7 Å². The molecular weight excluding hydrogens is 313 g/mol. The zero-order valence-corrected chi connectivity index (χ0v) is 13.5. The third kappa shape index (κ3) is 2.77. The molecule has 1 aromatic heterocycles. The highest BCUT2D eigenvalue weighted by molar-refractivity contribution is 5.94. The molecule has 1 aromatic carbocycles. The SMILES string of the molecule is Cc1cn(-c2ccc(F)cc2)nc1C(=O)N1CCC(C)(C(=O)O)C1. The van der Waals surface area contributed by atoms with E-state index >= 15 is 0 Å². The molecule has 1 saturated heterocycles. The molecule has 24 heavy (non-hydrogen) atoms. The van der Waals surface area contributed by atoms with Gasteiger partial charge in [-0.2, -0.15) is 5.10 Å². The number of carbonyl (C=O) groups is 2. The van der Waals surface area contributed by atoms with Gasteiger partial charge in [0, 0.05) is 24.8 Å². The van der Waals surface area contributed by atoms with Crippen LogP contribution in [-0.4, -0.2) is 44.8 Å². The highest BCUT2D eigenvalue weighted by Crippen LogP contribution is 2.31. The molecule has 2 aromatic rings. The lowest BCUT2D eigenvalue weighted by atomic mass is 9.90. The number of carbonyl (C=O) groups excluding carboxylic acids is 1. The number of nitrogens with zero attached hydrogens (tertiary/aromatic N) is 3. The summed E-state index contributed by atoms with van der Waals surface area (Å²) in [5.74, 6) is -1.52. The molecule has 1 aliphatic rings. The molecule has 1 fully saturated rings. The standard InChI is InChI=1S/C17H18FN3O3/c1-11-9-21(13-5-3-12(18)4-6-13)19-14(11)15(22)20-8-7-17(2,10-20)16(23)24/h3-6,9H,7-8,10H2,1-2H3,(H,23,24). The van der Waals surface area contributed by atoms with Crippen LogP contribution in [0.15, 0.2) is 30.5 Å². The van der Waals surface area contributed by atoms with Crippen molar-refractivity contribution >= 4 is 11.9 Å². The second-order valence-corrected chi connectivity index (χ2v) is 6.42. The average molecular weight is 331 g/mol. The number of amides is 1. The van der Waals surface area contributed by atoms with Gasteiger partial charge in [0.15, 0.2) is 5.69 Å². The van der Waals surface area contributed by atoms with E-state index in [4.69, 9.17) is 0 Å². The molecule has 0 radical (unpaired) electrons. The Morgan fingerprint density at radius 1 is 1.29 bits per heavy atom. The quantitative estimate of drug-likeness (QED) is 0.936. The van der Waals surface area contributed by atoms with Crippen molar-refractivity contribution in [3.8, 4) is 5.69 Å². The molecular formula is C17H18FN3O3. The highest BCUT2D eigenvalue weighted by Gasteiger charge is 2.42. The molecule has 0 spiro atoms. The first-order valence-electron chi connectivity index (χ1n) is 7.65. The predicted molar refractivity (Wildman–Crippen MR) is 84.5 cm³/mol. The van der Waals surface area contributed by atoms with Crippen LogP contribution in [-0.2, 0) is 4.79 Å². The molecule has 1 unspecified atom stereocenters. The van der Waals surface area contributed by atoms with Gasteiger partial charge < -0.3 is 10.0 Å². The van der Waals surface area contributed by atoms with E-state index in [2.05, 4.69) is 5.10 Å². The predicted octanol–water partition coefficient (Wildman–Crippen LogP) is 2.26. The molecule has 0 aliphatic carbocycles. The molecule has 1 amide bonds. The molecule has 1 atom stereocenters. The van der Waals surface area contributed by atoms with Gasteiger partial charge in [-0.05, 0) is 44.5 Å². The number of aryl methyl sites for hydroxylation is 1. The summed E-state index contributed by atoms with van der Waals surface area (Å²) in [6.07, 6.45) is 2.12. The van der Waals surface area contributed by atoms with Crippen LogP contribution in [0.4, 0.5) is 4.39 Å². The Bertz CT molecular complexity index is 800. The van der Waals surface area contributed by atoms with Crippen LogP contribution >= 0.6 is 0 Å². The van der Waals surface area contributed by atoms with E-state index in [1.807, 2.05) is 0 Å². The van der Waals surface area contributed by atoms with Crippen molar-refractivity contribution in [1.82, 2.24) is 14.7 Å². The lowest BCUT2D eigenvalue weighted by Crippen LogP contribution is -2.35. The molecule has 0 bridgehead atoms. The molecule has 0 saturated carbocycles. The first-order chi connectivity index (χ1) is 11.3. The highest BCUT2D eigenvalue weighted by atomic mass is 19.1. The third-order valence-corrected chi connectivity index (χ3v) is 4.47. The maximum atomic E-state index is 13.0. The Morgan fingerprint density at radius 2 is 1.96 bits per heavy atom. The summed E-state index contributed by atoms with van der Waals surface area (Å²) in [7, 11) is 0. The van der Waals surface area contributed by atoms with E-state index in [0.29, 0.717) is 24.2 Å². The summed E-state index contributed by atoms with van der Waals surface area (Å²) in [4.78, 5) is 25.5. The number of hydrogen-bond donors (Lipinski definition) is 1. The fourth-order valence-corrected chi connectivity index (χ4v) is 2.86. The number of carboxylic acids is 1. The van der Waals surface area contributed by atoms with Gasteiger partial charge in [-0.1, -0.05) is 0 Å². The van der Waals surface area contributed by atoms with Gasteiger partial charge >= 0.3 is 5.97 Å². The number of benzene rings is 1. The summed E-state index contributed by atoms with van der Waals surface area (Å²) in [5, 5.41) is 13.6. The Labute approximate surface area is 138 Å². The zero-order chi connectivity index (χ0) is 17.5. The summed E-state index contributed by atoms with van der Waals surface area (Å²) < 4.78 is 14.5. The molecule has 7 heteroatoms. The van der Waals surface area contributed by atoms with Crippen molar-refractivity contribution < 1.29 is 19.1 Å². The van der Waals surface area contributed by atoms with Crippen molar-refractivity contribution in [2.45, 2.75) is 20.3 Å². The fraction of sp³-hybridized carbons (Fsp3) is 0.353. The van der Waals surface area contributed by atoms with Crippen LogP contribution < -0.4 is 0 Å². The number of rotatable bonds is 3. The Kier molecular flexibility index (Phi) is 3.87. The number of halogens is 1. The van der Waals surface area contributed by atoms with Crippen molar-refractivity contribution in [3.63, 3.8) is 0 Å². The average Bonchev–Trinajstić information content (AvgIpc) is 3.12.